The fourth-order valence-electron chi connectivity index (χ4n) is 4.34. The Hall–Kier alpha value is -4.36. The molecule has 0 aliphatic carbocycles. The molecule has 12 nitrogen and oxygen atoms in total. The third kappa shape index (κ3) is 7.89. The van der Waals surface area contributed by atoms with Crippen LogP contribution in [-0.4, -0.2) is 75.5 Å². The van der Waals surface area contributed by atoms with Crippen LogP contribution in [0.3, 0.4) is 0 Å². The van der Waals surface area contributed by atoms with E-state index in [2.05, 4.69) is 10.2 Å². The molecule has 0 N–H and O–H groups in total. The zero-order chi connectivity index (χ0) is 30.2. The number of ether oxygens (including phenoxy) is 5. The van der Waals surface area contributed by atoms with Crippen molar-refractivity contribution in [2.75, 3.05) is 6.61 Å². The van der Waals surface area contributed by atoms with Gasteiger partial charge in [-0.05, 0) is 11.8 Å². The number of hydrogen-bond donors (Lipinski definition) is 0. The molecule has 0 spiro atoms. The lowest BCUT2D eigenvalue weighted by molar-refractivity contribution is -0.237. The molecule has 0 saturated carbocycles. The molecule has 42 heavy (non-hydrogen) atoms. The van der Waals surface area contributed by atoms with Gasteiger partial charge >= 0.3 is 23.9 Å². The van der Waals surface area contributed by atoms with Gasteiger partial charge in [0.15, 0.2) is 23.7 Å². The van der Waals surface area contributed by atoms with Crippen molar-refractivity contribution in [3.63, 3.8) is 0 Å². The molecule has 1 aliphatic rings. The van der Waals surface area contributed by atoms with Gasteiger partial charge in [0.2, 0.25) is 5.16 Å². The van der Waals surface area contributed by atoms with E-state index in [9.17, 15) is 19.2 Å². The van der Waals surface area contributed by atoms with Crippen molar-refractivity contribution < 1.29 is 42.9 Å². The number of carbonyl (C=O) groups is 4. The largest absolute Gasteiger partial charge is 0.463 e. The Morgan fingerprint density at radius 3 is 1.76 bits per heavy atom. The number of esters is 4. The average molecular weight is 596 g/mol. The number of benzene rings is 2. The smallest absolute Gasteiger partial charge is 0.303 e. The molecular weight excluding hydrogens is 566 g/mol. The van der Waals surface area contributed by atoms with Gasteiger partial charge in [-0.2, -0.15) is 0 Å². The van der Waals surface area contributed by atoms with Crippen LogP contribution in [0.5, 0.6) is 0 Å². The van der Waals surface area contributed by atoms with Crippen LogP contribution < -0.4 is 0 Å². The minimum atomic E-state index is -1.30. The first kappa shape index (κ1) is 30.6. The average Bonchev–Trinajstić information content (AvgIpc) is 2.95. The van der Waals surface area contributed by atoms with Crippen LogP contribution in [0.2, 0.25) is 0 Å². The van der Waals surface area contributed by atoms with Gasteiger partial charge in [-0.15, -0.1) is 10.2 Å². The summed E-state index contributed by atoms with van der Waals surface area (Å²) in [7, 11) is 0. The Balaban J connectivity index is 1.76. The van der Waals surface area contributed by atoms with E-state index < -0.39 is 53.7 Å². The highest BCUT2D eigenvalue weighted by molar-refractivity contribution is 7.99. The minimum absolute atomic E-state index is 0.162. The zero-order valence-electron chi connectivity index (χ0n) is 23.3. The highest BCUT2D eigenvalue weighted by Crippen LogP contribution is 2.38. The van der Waals surface area contributed by atoms with Gasteiger partial charge in [0, 0.05) is 38.8 Å². The second kappa shape index (κ2) is 14.0. The van der Waals surface area contributed by atoms with Crippen molar-refractivity contribution in [2.24, 2.45) is 0 Å². The summed E-state index contributed by atoms with van der Waals surface area (Å²) in [6.45, 7) is 4.37. The van der Waals surface area contributed by atoms with Crippen LogP contribution >= 0.6 is 11.8 Å². The molecular formula is C29H29N3O9S. The summed E-state index contributed by atoms with van der Waals surface area (Å²) >= 11 is 0.961. The van der Waals surface area contributed by atoms with E-state index in [4.69, 9.17) is 28.7 Å². The van der Waals surface area contributed by atoms with Gasteiger partial charge in [-0.3, -0.25) is 19.2 Å². The highest BCUT2D eigenvalue weighted by atomic mass is 32.2. The van der Waals surface area contributed by atoms with Gasteiger partial charge in [0.1, 0.15) is 24.1 Å². The maximum Gasteiger partial charge on any atom is 0.303 e. The summed E-state index contributed by atoms with van der Waals surface area (Å²) in [4.78, 5) is 52.6. The predicted molar refractivity (Wildman–Crippen MR) is 149 cm³/mol. The SMILES string of the molecule is CC(=O)OCC1OC(Sc2nnc(-c3ccccc3)c(-c3ccccc3)n2)C(OC(C)=O)C(OC(C)=O)C1OC(C)=O. The molecule has 1 fully saturated rings. The first-order valence-electron chi connectivity index (χ1n) is 12.9. The Morgan fingerprint density at radius 1 is 0.690 bits per heavy atom. The molecule has 220 valence electrons. The molecule has 1 aliphatic heterocycles. The van der Waals surface area contributed by atoms with Gasteiger partial charge in [0.05, 0.1) is 0 Å². The molecule has 4 rings (SSSR count). The predicted octanol–water partition coefficient (Wildman–Crippen LogP) is 3.38. The number of thioether (sulfide) groups is 1. The number of carbonyl (C=O) groups excluding carboxylic acids is 4. The van der Waals surface area contributed by atoms with Crippen LogP contribution in [-0.2, 0) is 42.9 Å². The zero-order valence-corrected chi connectivity index (χ0v) is 24.1. The molecule has 2 heterocycles. The minimum Gasteiger partial charge on any atom is -0.463 e. The Kier molecular flexibility index (Phi) is 10.2. The Bertz CT molecular complexity index is 1420. The van der Waals surface area contributed by atoms with Gasteiger partial charge in [-0.1, -0.05) is 60.7 Å². The second-order valence-electron chi connectivity index (χ2n) is 9.21. The molecule has 0 amide bonds. The lowest BCUT2D eigenvalue weighted by Crippen LogP contribution is -2.61. The van der Waals surface area contributed by atoms with Crippen LogP contribution in [0, 0.1) is 0 Å². The normalized spacial score (nSPS) is 21.6. The number of nitrogens with zero attached hydrogens (tertiary/aromatic N) is 3. The molecule has 3 aromatic rings. The standard InChI is InChI=1S/C29H29N3O9S/c1-16(33)37-15-22-25(38-17(2)34)26(39-18(3)35)27(40-19(4)36)28(41-22)42-29-30-23(20-11-7-5-8-12-20)24(31-32-29)21-13-9-6-10-14-21/h5-14,22,25-28H,15H2,1-4H3. The number of hydrogen-bond acceptors (Lipinski definition) is 13. The lowest BCUT2D eigenvalue weighted by Gasteiger charge is -2.43. The van der Waals surface area contributed by atoms with Crippen molar-refractivity contribution in [3.05, 3.63) is 60.7 Å². The molecule has 5 atom stereocenters. The maximum absolute atomic E-state index is 12.2. The van der Waals surface area contributed by atoms with E-state index >= 15 is 0 Å². The van der Waals surface area contributed by atoms with Gasteiger partial charge < -0.3 is 23.7 Å². The van der Waals surface area contributed by atoms with Gasteiger partial charge in [0.25, 0.3) is 0 Å². The molecule has 2 aromatic carbocycles. The van der Waals surface area contributed by atoms with Crippen LogP contribution in [0.4, 0.5) is 0 Å². The maximum atomic E-state index is 12.2. The van der Waals surface area contributed by atoms with E-state index in [1.54, 1.807) is 0 Å². The van der Waals surface area contributed by atoms with E-state index in [0.29, 0.717) is 11.4 Å². The molecule has 1 aromatic heterocycles. The quantitative estimate of drug-likeness (QED) is 0.263. The van der Waals surface area contributed by atoms with E-state index in [-0.39, 0.29) is 11.8 Å². The lowest BCUT2D eigenvalue weighted by atomic mass is 9.99. The summed E-state index contributed by atoms with van der Waals surface area (Å²) < 4.78 is 27.8. The van der Waals surface area contributed by atoms with E-state index in [1.165, 1.54) is 13.8 Å². The van der Waals surface area contributed by atoms with Crippen LogP contribution in [0.1, 0.15) is 27.7 Å². The summed E-state index contributed by atoms with van der Waals surface area (Å²) in [5.41, 5.74) is 1.60. The van der Waals surface area contributed by atoms with Crippen molar-refractivity contribution in [1.29, 1.82) is 0 Å². The Morgan fingerprint density at radius 2 is 1.21 bits per heavy atom. The monoisotopic (exact) mass is 595 g/mol. The summed E-state index contributed by atoms with van der Waals surface area (Å²) in [5.74, 6) is -2.73. The third-order valence-corrected chi connectivity index (χ3v) is 6.93. The first-order chi connectivity index (χ1) is 20.1. The highest BCUT2D eigenvalue weighted by Gasteiger charge is 2.52. The van der Waals surface area contributed by atoms with E-state index in [0.717, 1.165) is 36.7 Å². The molecule has 1 saturated heterocycles. The molecule has 5 unspecified atom stereocenters. The van der Waals surface area contributed by atoms with Crippen LogP contribution in [0.15, 0.2) is 65.8 Å². The van der Waals surface area contributed by atoms with Gasteiger partial charge in [-0.25, -0.2) is 4.98 Å². The summed E-state index contributed by atoms with van der Waals surface area (Å²) in [5, 5.41) is 8.92. The van der Waals surface area contributed by atoms with Crippen LogP contribution in [0.25, 0.3) is 22.5 Å². The van der Waals surface area contributed by atoms with E-state index in [1.807, 2.05) is 60.7 Å². The Labute approximate surface area is 246 Å². The first-order valence-corrected chi connectivity index (χ1v) is 13.8. The number of rotatable bonds is 9. The second-order valence-corrected chi connectivity index (χ2v) is 10.3. The fourth-order valence-corrected chi connectivity index (χ4v) is 5.32. The summed E-state index contributed by atoms with van der Waals surface area (Å²) in [6, 6.07) is 18.8. The third-order valence-electron chi connectivity index (χ3n) is 5.93. The summed E-state index contributed by atoms with van der Waals surface area (Å²) in [6.07, 6.45) is -4.90. The molecule has 0 bridgehead atoms. The topological polar surface area (TPSA) is 153 Å². The van der Waals surface area contributed by atoms with Crippen molar-refractivity contribution in [1.82, 2.24) is 15.2 Å². The number of aromatic nitrogens is 3. The van der Waals surface area contributed by atoms with Crippen molar-refractivity contribution in [2.45, 2.75) is 62.7 Å². The van der Waals surface area contributed by atoms with Crippen molar-refractivity contribution in [3.8, 4) is 22.5 Å². The van der Waals surface area contributed by atoms with Crippen molar-refractivity contribution >= 4 is 35.6 Å². The molecule has 0 radical (unpaired) electrons. The molecule has 13 heteroatoms. The fraction of sp³-hybridized carbons (Fsp3) is 0.345.